The zero-order valence-corrected chi connectivity index (χ0v) is 13.2. The van der Waals surface area contributed by atoms with Crippen molar-refractivity contribution in [2.75, 3.05) is 7.11 Å². The standard InChI is InChI=1S/C20H22O/c1-20(2,3)18-13-9-8-12-17(18)19(21-4)15-14-16-10-6-5-7-11-16/h5-14H,1-4H3. The molecule has 0 atom stereocenters. The van der Waals surface area contributed by atoms with Crippen molar-refractivity contribution in [2.45, 2.75) is 26.2 Å². The average molecular weight is 278 g/mol. The van der Waals surface area contributed by atoms with Gasteiger partial charge in [-0.05, 0) is 22.6 Å². The molecule has 0 aromatic heterocycles. The van der Waals surface area contributed by atoms with Crippen molar-refractivity contribution in [3.05, 3.63) is 77.0 Å². The minimum atomic E-state index is 0.0643. The van der Waals surface area contributed by atoms with Gasteiger partial charge in [-0.15, -0.1) is 0 Å². The first-order valence-electron chi connectivity index (χ1n) is 7.18. The lowest BCUT2D eigenvalue weighted by molar-refractivity contribution is 0.369. The Bertz CT molecular complexity index is 654. The summed E-state index contributed by atoms with van der Waals surface area (Å²) in [6.07, 6.45) is 1.96. The van der Waals surface area contributed by atoms with E-state index in [1.165, 1.54) is 5.56 Å². The molecule has 1 nitrogen and oxygen atoms in total. The largest absolute Gasteiger partial charge is 0.489 e. The molecule has 108 valence electrons. The lowest BCUT2D eigenvalue weighted by atomic mass is 9.83. The van der Waals surface area contributed by atoms with Crippen LogP contribution in [-0.4, -0.2) is 7.11 Å². The van der Waals surface area contributed by atoms with Gasteiger partial charge in [0.2, 0.25) is 0 Å². The maximum Gasteiger partial charge on any atom is 0.169 e. The molecule has 0 fully saturated rings. The van der Waals surface area contributed by atoms with E-state index in [0.29, 0.717) is 0 Å². The van der Waals surface area contributed by atoms with Gasteiger partial charge in [0.1, 0.15) is 0 Å². The summed E-state index contributed by atoms with van der Waals surface area (Å²) in [5.41, 5.74) is 6.82. The second kappa shape index (κ2) is 6.47. The van der Waals surface area contributed by atoms with Crippen LogP contribution in [0, 0.1) is 0 Å². The van der Waals surface area contributed by atoms with Crippen molar-refractivity contribution >= 4 is 11.8 Å². The van der Waals surface area contributed by atoms with Gasteiger partial charge in [0.25, 0.3) is 0 Å². The minimum Gasteiger partial charge on any atom is -0.489 e. The van der Waals surface area contributed by atoms with Crippen LogP contribution in [0.15, 0.2) is 60.3 Å². The summed E-state index contributed by atoms with van der Waals surface area (Å²) in [6.45, 7) is 6.63. The molecule has 0 aliphatic carbocycles. The second-order valence-corrected chi connectivity index (χ2v) is 6.03. The van der Waals surface area contributed by atoms with E-state index in [2.05, 4.69) is 56.8 Å². The third-order valence-electron chi connectivity index (χ3n) is 3.35. The van der Waals surface area contributed by atoms with E-state index in [1.807, 2.05) is 30.3 Å². The fourth-order valence-electron chi connectivity index (χ4n) is 2.28. The summed E-state index contributed by atoms with van der Waals surface area (Å²) in [7, 11) is 1.70. The summed E-state index contributed by atoms with van der Waals surface area (Å²) in [5.74, 6) is 0.768. The van der Waals surface area contributed by atoms with E-state index in [0.717, 1.165) is 16.9 Å². The van der Waals surface area contributed by atoms with Gasteiger partial charge < -0.3 is 4.74 Å². The molecule has 0 aliphatic heterocycles. The van der Waals surface area contributed by atoms with Crippen LogP contribution in [0.4, 0.5) is 0 Å². The SMILES string of the molecule is COC(=C=Cc1ccccc1)c1ccccc1C(C)(C)C. The monoisotopic (exact) mass is 278 g/mol. The Morgan fingerprint density at radius 2 is 1.57 bits per heavy atom. The maximum atomic E-state index is 5.57. The number of methoxy groups -OCH3 is 1. The molecule has 21 heavy (non-hydrogen) atoms. The molecule has 2 rings (SSSR count). The zero-order chi connectivity index (χ0) is 15.3. The van der Waals surface area contributed by atoms with Crippen LogP contribution < -0.4 is 0 Å². The number of rotatable bonds is 3. The van der Waals surface area contributed by atoms with Crippen LogP contribution in [0.25, 0.3) is 11.8 Å². The predicted molar refractivity (Wildman–Crippen MR) is 90.0 cm³/mol. The maximum absolute atomic E-state index is 5.57. The number of benzene rings is 2. The molecule has 0 saturated heterocycles. The molecule has 0 aliphatic rings. The van der Waals surface area contributed by atoms with Crippen molar-refractivity contribution in [1.29, 1.82) is 0 Å². The van der Waals surface area contributed by atoms with Crippen molar-refractivity contribution in [2.24, 2.45) is 0 Å². The van der Waals surface area contributed by atoms with Crippen LogP contribution in [-0.2, 0) is 10.2 Å². The molecule has 0 unspecified atom stereocenters. The van der Waals surface area contributed by atoms with E-state index < -0.39 is 0 Å². The number of ether oxygens (including phenoxy) is 1. The van der Waals surface area contributed by atoms with Crippen molar-refractivity contribution in [3.63, 3.8) is 0 Å². The molecule has 0 amide bonds. The Kier molecular flexibility index (Phi) is 4.67. The molecule has 0 spiro atoms. The first-order valence-corrected chi connectivity index (χ1v) is 7.18. The predicted octanol–water partition coefficient (Wildman–Crippen LogP) is 5.28. The second-order valence-electron chi connectivity index (χ2n) is 6.03. The number of hydrogen-bond donors (Lipinski definition) is 0. The van der Waals surface area contributed by atoms with E-state index in [9.17, 15) is 0 Å². The van der Waals surface area contributed by atoms with Gasteiger partial charge in [-0.25, -0.2) is 0 Å². The molecule has 0 saturated carbocycles. The molecule has 0 N–H and O–H groups in total. The quantitative estimate of drug-likeness (QED) is 0.548. The fourth-order valence-corrected chi connectivity index (χ4v) is 2.28. The smallest absolute Gasteiger partial charge is 0.169 e. The molecule has 0 bridgehead atoms. The van der Waals surface area contributed by atoms with Gasteiger partial charge in [-0.1, -0.05) is 81.1 Å². The van der Waals surface area contributed by atoms with Crippen LogP contribution >= 0.6 is 0 Å². The molecule has 1 heteroatoms. The summed E-state index contributed by atoms with van der Waals surface area (Å²) < 4.78 is 5.57. The van der Waals surface area contributed by atoms with Gasteiger partial charge in [0.15, 0.2) is 5.76 Å². The molecule has 0 radical (unpaired) electrons. The highest BCUT2D eigenvalue weighted by Crippen LogP contribution is 2.30. The Hall–Kier alpha value is -2.24. The van der Waals surface area contributed by atoms with Gasteiger partial charge in [-0.2, -0.15) is 0 Å². The zero-order valence-electron chi connectivity index (χ0n) is 13.2. The highest BCUT2D eigenvalue weighted by atomic mass is 16.5. The lowest BCUT2D eigenvalue weighted by Gasteiger charge is -2.22. The van der Waals surface area contributed by atoms with Gasteiger partial charge in [0, 0.05) is 5.56 Å². The summed E-state index contributed by atoms with van der Waals surface area (Å²) in [5, 5.41) is 0. The minimum absolute atomic E-state index is 0.0643. The topological polar surface area (TPSA) is 9.23 Å². The highest BCUT2D eigenvalue weighted by molar-refractivity contribution is 5.67. The van der Waals surface area contributed by atoms with E-state index in [4.69, 9.17) is 4.74 Å². The molecule has 2 aromatic rings. The van der Waals surface area contributed by atoms with Crippen molar-refractivity contribution in [3.8, 4) is 0 Å². The third-order valence-corrected chi connectivity index (χ3v) is 3.35. The van der Waals surface area contributed by atoms with Crippen LogP contribution in [0.5, 0.6) is 0 Å². The van der Waals surface area contributed by atoms with Crippen molar-refractivity contribution in [1.82, 2.24) is 0 Å². The first-order chi connectivity index (χ1) is 10.0. The Labute approximate surface area is 127 Å². The fraction of sp³-hybridized carbons (Fsp3) is 0.250. The van der Waals surface area contributed by atoms with Crippen molar-refractivity contribution < 1.29 is 4.74 Å². The molecular weight excluding hydrogens is 256 g/mol. The van der Waals surface area contributed by atoms with E-state index >= 15 is 0 Å². The van der Waals surface area contributed by atoms with Crippen LogP contribution in [0.1, 0.15) is 37.5 Å². The lowest BCUT2D eigenvalue weighted by Crippen LogP contribution is -2.14. The normalized spacial score (nSPS) is 10.7. The average Bonchev–Trinajstić information content (AvgIpc) is 2.48. The van der Waals surface area contributed by atoms with Crippen LogP contribution in [0.2, 0.25) is 0 Å². The Balaban J connectivity index is 2.51. The Morgan fingerprint density at radius 3 is 2.19 bits per heavy atom. The third kappa shape index (κ3) is 3.87. The first kappa shape index (κ1) is 15.2. The number of hydrogen-bond acceptors (Lipinski definition) is 1. The van der Waals surface area contributed by atoms with Crippen LogP contribution in [0.3, 0.4) is 0 Å². The van der Waals surface area contributed by atoms with Gasteiger partial charge in [-0.3, -0.25) is 0 Å². The van der Waals surface area contributed by atoms with Gasteiger partial charge >= 0.3 is 0 Å². The van der Waals surface area contributed by atoms with E-state index in [-0.39, 0.29) is 5.41 Å². The molecule has 0 heterocycles. The van der Waals surface area contributed by atoms with E-state index in [1.54, 1.807) is 7.11 Å². The molecule has 2 aromatic carbocycles. The summed E-state index contributed by atoms with van der Waals surface area (Å²) >= 11 is 0. The highest BCUT2D eigenvalue weighted by Gasteiger charge is 2.19. The Morgan fingerprint density at radius 1 is 0.952 bits per heavy atom. The summed E-state index contributed by atoms with van der Waals surface area (Å²) in [4.78, 5) is 0. The summed E-state index contributed by atoms with van der Waals surface area (Å²) in [6, 6.07) is 18.5. The van der Waals surface area contributed by atoms with Gasteiger partial charge in [0.05, 0.1) is 7.11 Å². The molecular formula is C20H22O.